The van der Waals surface area contributed by atoms with Crippen molar-refractivity contribution in [1.82, 2.24) is 0 Å². The number of carbonyl (C=O) groups excluding carboxylic acids is 2. The summed E-state index contributed by atoms with van der Waals surface area (Å²) in [4.78, 5) is 36.2. The molecule has 0 unspecified atom stereocenters. The van der Waals surface area contributed by atoms with Crippen molar-refractivity contribution in [3.05, 3.63) is 107 Å². The molecule has 0 fully saturated rings. The number of ketones is 2. The van der Waals surface area contributed by atoms with Crippen LogP contribution in [0.5, 0.6) is 0 Å². The number of hydrogen-bond donors (Lipinski definition) is 2. The lowest BCUT2D eigenvalue weighted by Gasteiger charge is -2.08. The molecule has 0 saturated heterocycles. The van der Waals surface area contributed by atoms with Crippen LogP contribution in [-0.4, -0.2) is 28.7 Å². The van der Waals surface area contributed by atoms with Crippen LogP contribution in [-0.2, 0) is 11.2 Å². The molecule has 0 aliphatic heterocycles. The summed E-state index contributed by atoms with van der Waals surface area (Å²) in [5, 5.41) is 8.88. The number of nitrogens with two attached hydrogens (primary N) is 1. The van der Waals surface area contributed by atoms with Gasteiger partial charge < -0.3 is 10.8 Å². The third-order valence-corrected chi connectivity index (χ3v) is 4.41. The highest BCUT2D eigenvalue weighted by molar-refractivity contribution is 6.13. The van der Waals surface area contributed by atoms with Crippen molar-refractivity contribution in [1.29, 1.82) is 0 Å². The Labute approximate surface area is 162 Å². The van der Waals surface area contributed by atoms with Gasteiger partial charge in [-0.2, -0.15) is 0 Å². The zero-order chi connectivity index (χ0) is 20.1. The molecule has 0 aliphatic rings. The Morgan fingerprint density at radius 3 is 1.75 bits per heavy atom. The molecule has 0 aromatic heterocycles. The first-order chi connectivity index (χ1) is 13.5. The highest BCUT2D eigenvalue weighted by Crippen LogP contribution is 2.16. The zero-order valence-electron chi connectivity index (χ0n) is 15.0. The first-order valence-corrected chi connectivity index (χ1v) is 8.77. The van der Waals surface area contributed by atoms with Crippen LogP contribution in [0.15, 0.2) is 78.9 Å². The lowest BCUT2D eigenvalue weighted by Crippen LogP contribution is -2.32. The van der Waals surface area contributed by atoms with E-state index >= 15 is 0 Å². The predicted octanol–water partition coefficient (Wildman–Crippen LogP) is 3.10. The van der Waals surface area contributed by atoms with Gasteiger partial charge in [-0.3, -0.25) is 14.4 Å². The fourth-order valence-corrected chi connectivity index (χ4v) is 2.86. The number of carboxylic acids is 1. The van der Waals surface area contributed by atoms with Crippen molar-refractivity contribution in [3.8, 4) is 0 Å². The van der Waals surface area contributed by atoms with Gasteiger partial charge in [-0.1, -0.05) is 72.8 Å². The lowest BCUT2D eigenvalue weighted by atomic mass is 9.96. The van der Waals surface area contributed by atoms with Crippen LogP contribution in [0.25, 0.3) is 0 Å². The summed E-state index contributed by atoms with van der Waals surface area (Å²) in [6.07, 6.45) is 0.185. The second-order valence-corrected chi connectivity index (χ2v) is 6.45. The second kappa shape index (κ2) is 8.41. The minimum Gasteiger partial charge on any atom is -0.480 e. The van der Waals surface area contributed by atoms with Gasteiger partial charge in [-0.05, 0) is 18.1 Å². The van der Waals surface area contributed by atoms with Gasteiger partial charge in [0.1, 0.15) is 6.04 Å². The summed E-state index contributed by atoms with van der Waals surface area (Å²) in [5.41, 5.74) is 8.14. The molecule has 0 bridgehead atoms. The molecule has 5 nitrogen and oxygen atoms in total. The minimum atomic E-state index is -1.07. The monoisotopic (exact) mass is 373 g/mol. The first-order valence-electron chi connectivity index (χ1n) is 8.77. The van der Waals surface area contributed by atoms with Crippen molar-refractivity contribution in [2.75, 3.05) is 0 Å². The van der Waals surface area contributed by atoms with E-state index in [-0.39, 0.29) is 18.0 Å². The number of benzene rings is 3. The highest BCUT2D eigenvalue weighted by atomic mass is 16.4. The van der Waals surface area contributed by atoms with Gasteiger partial charge in [0.05, 0.1) is 0 Å². The number of carbonyl (C=O) groups is 3. The smallest absolute Gasteiger partial charge is 0.320 e. The average Bonchev–Trinajstić information content (AvgIpc) is 2.74. The molecule has 0 heterocycles. The third-order valence-electron chi connectivity index (χ3n) is 4.41. The highest BCUT2D eigenvalue weighted by Gasteiger charge is 2.15. The Kier molecular flexibility index (Phi) is 5.77. The molecule has 140 valence electrons. The fourth-order valence-electron chi connectivity index (χ4n) is 2.86. The van der Waals surface area contributed by atoms with Crippen LogP contribution in [0.2, 0.25) is 0 Å². The van der Waals surface area contributed by atoms with E-state index < -0.39 is 12.0 Å². The summed E-state index contributed by atoms with van der Waals surface area (Å²) >= 11 is 0. The first kappa shape index (κ1) is 19.2. The summed E-state index contributed by atoms with van der Waals surface area (Å²) in [6, 6.07) is 21.2. The number of aliphatic carboxylic acids is 1. The number of carboxylic acid groups (broad SMARTS) is 1. The van der Waals surface area contributed by atoms with Crippen LogP contribution in [0, 0.1) is 0 Å². The van der Waals surface area contributed by atoms with Crippen molar-refractivity contribution >= 4 is 17.5 Å². The van der Waals surface area contributed by atoms with Gasteiger partial charge in [0.2, 0.25) is 0 Å². The molecule has 0 aliphatic carbocycles. The van der Waals surface area contributed by atoms with E-state index in [1.54, 1.807) is 72.8 Å². The van der Waals surface area contributed by atoms with E-state index in [2.05, 4.69) is 0 Å². The van der Waals surface area contributed by atoms with Crippen molar-refractivity contribution < 1.29 is 19.5 Å². The van der Waals surface area contributed by atoms with Gasteiger partial charge in [-0.15, -0.1) is 0 Å². The molecule has 28 heavy (non-hydrogen) atoms. The van der Waals surface area contributed by atoms with E-state index in [0.717, 1.165) is 5.56 Å². The van der Waals surface area contributed by atoms with Crippen LogP contribution >= 0.6 is 0 Å². The van der Waals surface area contributed by atoms with E-state index in [1.165, 1.54) is 0 Å². The van der Waals surface area contributed by atoms with E-state index in [4.69, 9.17) is 10.8 Å². The van der Waals surface area contributed by atoms with E-state index in [1.807, 2.05) is 6.07 Å². The minimum absolute atomic E-state index is 0.145. The molecular formula is C23H19NO4. The molecule has 0 radical (unpaired) electrons. The van der Waals surface area contributed by atoms with Crippen molar-refractivity contribution in [2.45, 2.75) is 12.5 Å². The van der Waals surface area contributed by atoms with Gasteiger partial charge in [0, 0.05) is 22.3 Å². The molecule has 0 saturated carbocycles. The van der Waals surface area contributed by atoms with Crippen LogP contribution in [0.3, 0.4) is 0 Å². The molecule has 3 aromatic rings. The summed E-state index contributed by atoms with van der Waals surface area (Å²) in [7, 11) is 0. The van der Waals surface area contributed by atoms with E-state index in [9.17, 15) is 14.4 Å². The Bertz CT molecular complexity index is 1010. The Morgan fingerprint density at radius 2 is 1.21 bits per heavy atom. The SMILES string of the molecule is N[C@@H](Cc1ccc(C(=O)c2cccc(C(=O)c3ccccc3)c2)cc1)C(=O)O. The number of rotatable bonds is 7. The fraction of sp³-hybridized carbons (Fsp3) is 0.0870. The predicted molar refractivity (Wildman–Crippen MR) is 106 cm³/mol. The van der Waals surface area contributed by atoms with Crippen LogP contribution < -0.4 is 5.73 Å². The molecule has 3 aromatic carbocycles. The second-order valence-electron chi connectivity index (χ2n) is 6.45. The topological polar surface area (TPSA) is 97.5 Å². The largest absolute Gasteiger partial charge is 0.480 e. The molecule has 0 spiro atoms. The standard InChI is InChI=1S/C23H19NO4/c24-20(23(27)28)13-15-9-11-17(12-10-15)22(26)19-8-4-7-18(14-19)21(25)16-5-2-1-3-6-16/h1-12,14,20H,13,24H2,(H,27,28)/t20-/m0/s1. The summed E-state index contributed by atoms with van der Waals surface area (Å²) in [5.74, 6) is -1.43. The Balaban J connectivity index is 1.79. The Morgan fingerprint density at radius 1 is 0.714 bits per heavy atom. The molecule has 3 N–H and O–H groups in total. The molecule has 0 amide bonds. The molecule has 3 rings (SSSR count). The lowest BCUT2D eigenvalue weighted by molar-refractivity contribution is -0.138. The van der Waals surface area contributed by atoms with Crippen LogP contribution in [0.4, 0.5) is 0 Å². The quantitative estimate of drug-likeness (QED) is 0.620. The van der Waals surface area contributed by atoms with Crippen molar-refractivity contribution in [3.63, 3.8) is 0 Å². The maximum absolute atomic E-state index is 12.8. The van der Waals surface area contributed by atoms with Gasteiger partial charge in [0.25, 0.3) is 0 Å². The van der Waals surface area contributed by atoms with Crippen molar-refractivity contribution in [2.24, 2.45) is 5.73 Å². The molecular weight excluding hydrogens is 354 g/mol. The van der Waals surface area contributed by atoms with Gasteiger partial charge in [0.15, 0.2) is 11.6 Å². The summed E-state index contributed by atoms with van der Waals surface area (Å²) in [6.45, 7) is 0. The third kappa shape index (κ3) is 4.39. The van der Waals surface area contributed by atoms with Crippen LogP contribution in [0.1, 0.15) is 37.4 Å². The molecule has 5 heteroatoms. The van der Waals surface area contributed by atoms with Gasteiger partial charge in [-0.25, -0.2) is 0 Å². The summed E-state index contributed by atoms with van der Waals surface area (Å²) < 4.78 is 0. The maximum Gasteiger partial charge on any atom is 0.320 e. The zero-order valence-corrected chi connectivity index (χ0v) is 15.0. The van der Waals surface area contributed by atoms with E-state index in [0.29, 0.717) is 22.3 Å². The maximum atomic E-state index is 12.8. The van der Waals surface area contributed by atoms with Gasteiger partial charge >= 0.3 is 5.97 Å². The average molecular weight is 373 g/mol. The molecule has 1 atom stereocenters. The Hall–Kier alpha value is -3.57. The normalized spacial score (nSPS) is 11.6. The number of hydrogen-bond acceptors (Lipinski definition) is 4.